The Morgan fingerprint density at radius 3 is 2.52 bits per heavy atom. The second-order valence-corrected chi connectivity index (χ2v) is 6.02. The topological polar surface area (TPSA) is 53.3 Å². The van der Waals surface area contributed by atoms with Gasteiger partial charge in [-0.2, -0.15) is 13.9 Å². The van der Waals surface area contributed by atoms with E-state index in [1.807, 2.05) is 0 Å². The number of allylic oxidation sites excluding steroid dienone is 1. The summed E-state index contributed by atoms with van der Waals surface area (Å²) in [5.41, 5.74) is 2.19. The number of methoxy groups -OCH3 is 1. The maximum atomic E-state index is 13.1. The summed E-state index contributed by atoms with van der Waals surface area (Å²) in [6.07, 6.45) is 4.32. The fraction of sp³-hybridized carbons (Fsp3) is 0.143. The Bertz CT molecular complexity index is 1040. The Kier molecular flexibility index (Phi) is 6.01. The van der Waals surface area contributed by atoms with Crippen molar-refractivity contribution >= 4 is 11.9 Å². The summed E-state index contributed by atoms with van der Waals surface area (Å²) >= 11 is 0. The Morgan fingerprint density at radius 1 is 1.14 bits per heavy atom. The minimum atomic E-state index is -2.97. The summed E-state index contributed by atoms with van der Waals surface area (Å²) in [5, 5.41) is 4.19. The van der Waals surface area contributed by atoms with Crippen LogP contribution in [0.25, 0.3) is 11.8 Å². The van der Waals surface area contributed by atoms with Gasteiger partial charge < -0.3 is 9.47 Å². The highest BCUT2D eigenvalue weighted by atomic mass is 19.3. The maximum Gasteiger partial charge on any atom is 0.387 e. The van der Waals surface area contributed by atoms with Crippen molar-refractivity contribution in [1.82, 2.24) is 9.78 Å². The highest BCUT2D eigenvalue weighted by Gasteiger charge is 2.14. The van der Waals surface area contributed by atoms with Crippen molar-refractivity contribution in [2.24, 2.45) is 0 Å². The lowest BCUT2D eigenvalue weighted by molar-refractivity contribution is -0.0512. The number of rotatable bonds is 7. The van der Waals surface area contributed by atoms with E-state index in [1.165, 1.54) is 55.8 Å². The first-order valence-electron chi connectivity index (χ1n) is 8.55. The summed E-state index contributed by atoms with van der Waals surface area (Å²) in [6, 6.07) is 10.1. The summed E-state index contributed by atoms with van der Waals surface area (Å²) in [5.74, 6) is -0.622. The van der Waals surface area contributed by atoms with E-state index in [0.717, 1.165) is 0 Å². The molecule has 0 aliphatic rings. The van der Waals surface area contributed by atoms with Crippen LogP contribution in [-0.2, 0) is 0 Å². The number of alkyl halides is 2. The largest absolute Gasteiger partial charge is 0.493 e. The predicted octanol–water partition coefficient (Wildman–Crippen LogP) is 4.83. The quantitative estimate of drug-likeness (QED) is 0.420. The average Bonchev–Trinajstić information content (AvgIpc) is 3.08. The molecule has 3 rings (SSSR count). The van der Waals surface area contributed by atoms with Crippen LogP contribution in [0.15, 0.2) is 54.7 Å². The first kappa shape index (κ1) is 20.2. The number of hydrogen-bond acceptors (Lipinski definition) is 4. The van der Waals surface area contributed by atoms with Gasteiger partial charge in [0, 0.05) is 0 Å². The molecule has 0 aliphatic heterocycles. The maximum absolute atomic E-state index is 13.1. The lowest BCUT2D eigenvalue weighted by atomic mass is 10.1. The molecule has 0 radical (unpaired) electrons. The van der Waals surface area contributed by atoms with Gasteiger partial charge in [0.05, 0.1) is 30.3 Å². The molecule has 0 amide bonds. The Morgan fingerprint density at radius 2 is 1.86 bits per heavy atom. The van der Waals surface area contributed by atoms with Gasteiger partial charge in [0.25, 0.3) is 0 Å². The van der Waals surface area contributed by atoms with Crippen LogP contribution in [0.4, 0.5) is 13.2 Å². The van der Waals surface area contributed by atoms with Gasteiger partial charge in [-0.25, -0.2) is 9.07 Å². The van der Waals surface area contributed by atoms with Crippen LogP contribution in [0.2, 0.25) is 0 Å². The van der Waals surface area contributed by atoms with Crippen LogP contribution < -0.4 is 9.47 Å². The molecule has 0 saturated heterocycles. The summed E-state index contributed by atoms with van der Waals surface area (Å²) in [4.78, 5) is 12.5. The lowest BCUT2D eigenvalue weighted by Crippen LogP contribution is -2.03. The minimum Gasteiger partial charge on any atom is -0.493 e. The van der Waals surface area contributed by atoms with Crippen molar-refractivity contribution in [2.45, 2.75) is 13.5 Å². The average molecular weight is 402 g/mol. The van der Waals surface area contributed by atoms with Gasteiger partial charge in [-0.3, -0.25) is 4.79 Å². The van der Waals surface area contributed by atoms with Gasteiger partial charge in [0.2, 0.25) is 0 Å². The van der Waals surface area contributed by atoms with E-state index in [-0.39, 0.29) is 23.1 Å². The normalized spacial score (nSPS) is 11.2. The second kappa shape index (κ2) is 8.64. The van der Waals surface area contributed by atoms with Crippen LogP contribution in [0.5, 0.6) is 11.5 Å². The molecule has 0 unspecified atom stereocenters. The molecule has 29 heavy (non-hydrogen) atoms. The van der Waals surface area contributed by atoms with Gasteiger partial charge in [-0.15, -0.1) is 0 Å². The molecule has 0 fully saturated rings. The Balaban J connectivity index is 1.80. The lowest BCUT2D eigenvalue weighted by Gasteiger charge is -2.10. The van der Waals surface area contributed by atoms with Crippen molar-refractivity contribution in [1.29, 1.82) is 0 Å². The van der Waals surface area contributed by atoms with Crippen molar-refractivity contribution < 1.29 is 27.4 Å². The molecule has 0 aliphatic carbocycles. The molecule has 1 heterocycles. The molecule has 0 bridgehead atoms. The number of nitrogens with zero attached hydrogens (tertiary/aromatic N) is 2. The van der Waals surface area contributed by atoms with Crippen LogP contribution in [0.3, 0.4) is 0 Å². The van der Waals surface area contributed by atoms with E-state index >= 15 is 0 Å². The Labute approximate surface area is 165 Å². The summed E-state index contributed by atoms with van der Waals surface area (Å²) in [7, 11) is 1.33. The van der Waals surface area contributed by atoms with Gasteiger partial charge in [-0.05, 0) is 55.0 Å². The van der Waals surface area contributed by atoms with Gasteiger partial charge in [0.1, 0.15) is 5.82 Å². The molecule has 3 aromatic rings. The van der Waals surface area contributed by atoms with E-state index < -0.39 is 6.61 Å². The Hall–Kier alpha value is -3.55. The van der Waals surface area contributed by atoms with Gasteiger partial charge in [-0.1, -0.05) is 12.1 Å². The predicted molar refractivity (Wildman–Crippen MR) is 101 cm³/mol. The standard InChI is InChI=1S/C21H17F3N2O3/c1-13-17(12-25-26(13)16-7-5-15(22)6-8-16)18(27)9-3-14-4-10-19(29-21(23)24)20(11-14)28-2/h3-12,21H,1-2H3. The molecule has 0 spiro atoms. The number of carbonyl (C=O) groups excluding carboxylic acids is 1. The number of aromatic nitrogens is 2. The molecular weight excluding hydrogens is 385 g/mol. The first-order chi connectivity index (χ1) is 13.9. The molecule has 150 valence electrons. The summed E-state index contributed by atoms with van der Waals surface area (Å²) < 4.78 is 48.8. The van der Waals surface area contributed by atoms with Crippen LogP contribution in [-0.4, -0.2) is 29.3 Å². The van der Waals surface area contributed by atoms with Crippen LogP contribution >= 0.6 is 0 Å². The molecular formula is C21H17F3N2O3. The zero-order valence-corrected chi connectivity index (χ0v) is 15.6. The van der Waals surface area contributed by atoms with Crippen LogP contribution in [0, 0.1) is 12.7 Å². The van der Waals surface area contributed by atoms with Crippen molar-refractivity contribution in [2.75, 3.05) is 7.11 Å². The van der Waals surface area contributed by atoms with E-state index in [9.17, 15) is 18.0 Å². The molecule has 0 N–H and O–H groups in total. The third-order valence-corrected chi connectivity index (χ3v) is 4.18. The van der Waals surface area contributed by atoms with Gasteiger partial charge >= 0.3 is 6.61 Å². The van der Waals surface area contributed by atoms with E-state index in [2.05, 4.69) is 9.84 Å². The number of carbonyl (C=O) groups is 1. The monoisotopic (exact) mass is 402 g/mol. The first-order valence-corrected chi connectivity index (χ1v) is 8.55. The number of ketones is 1. The number of benzene rings is 2. The van der Waals surface area contributed by atoms with E-state index in [1.54, 1.807) is 23.7 Å². The zero-order chi connectivity index (χ0) is 21.0. The van der Waals surface area contributed by atoms with Crippen molar-refractivity contribution in [3.8, 4) is 17.2 Å². The third-order valence-electron chi connectivity index (χ3n) is 4.18. The molecule has 5 nitrogen and oxygen atoms in total. The van der Waals surface area contributed by atoms with E-state index in [4.69, 9.17) is 4.74 Å². The van der Waals surface area contributed by atoms with E-state index in [0.29, 0.717) is 22.5 Å². The second-order valence-electron chi connectivity index (χ2n) is 6.02. The zero-order valence-electron chi connectivity index (χ0n) is 15.6. The number of halogens is 3. The molecule has 0 atom stereocenters. The minimum absolute atomic E-state index is 0.0950. The molecule has 2 aromatic carbocycles. The molecule has 8 heteroatoms. The molecule has 0 saturated carbocycles. The smallest absolute Gasteiger partial charge is 0.387 e. The van der Waals surface area contributed by atoms with Crippen molar-refractivity contribution in [3.63, 3.8) is 0 Å². The highest BCUT2D eigenvalue weighted by molar-refractivity contribution is 6.07. The third kappa shape index (κ3) is 4.66. The van der Waals surface area contributed by atoms with Crippen molar-refractivity contribution in [3.05, 3.63) is 77.4 Å². The fourth-order valence-corrected chi connectivity index (χ4v) is 2.74. The van der Waals surface area contributed by atoms with Gasteiger partial charge in [0.15, 0.2) is 17.3 Å². The van der Waals surface area contributed by atoms with Crippen LogP contribution in [0.1, 0.15) is 21.6 Å². The molecule has 1 aromatic heterocycles. The SMILES string of the molecule is COc1cc(C=CC(=O)c2cnn(-c3ccc(F)cc3)c2C)ccc1OC(F)F. The highest BCUT2D eigenvalue weighted by Crippen LogP contribution is 2.30. The number of ether oxygens (including phenoxy) is 2. The summed E-state index contributed by atoms with van der Waals surface area (Å²) in [6.45, 7) is -1.23. The number of hydrogen-bond donors (Lipinski definition) is 0. The fourth-order valence-electron chi connectivity index (χ4n) is 2.74.